The SMILES string of the molecule is Cc1cccc(NC(=O)Cc2ccc3cccc(N)c3n2)c1C. The second-order valence-corrected chi connectivity index (χ2v) is 5.69. The number of anilines is 2. The number of hydrogen-bond donors (Lipinski definition) is 2. The van der Waals surface area contributed by atoms with E-state index in [2.05, 4.69) is 10.3 Å². The van der Waals surface area contributed by atoms with Gasteiger partial charge in [0.15, 0.2) is 0 Å². The van der Waals surface area contributed by atoms with E-state index in [4.69, 9.17) is 5.73 Å². The Morgan fingerprint density at radius 2 is 1.87 bits per heavy atom. The number of nitrogens with zero attached hydrogens (tertiary/aromatic N) is 1. The van der Waals surface area contributed by atoms with E-state index >= 15 is 0 Å². The fraction of sp³-hybridized carbons (Fsp3) is 0.158. The highest BCUT2D eigenvalue weighted by Crippen LogP contribution is 2.20. The molecule has 1 heterocycles. The maximum absolute atomic E-state index is 12.3. The molecule has 0 spiro atoms. The molecular formula is C19H19N3O. The maximum atomic E-state index is 12.3. The molecule has 3 rings (SSSR count). The molecule has 0 aliphatic heterocycles. The van der Waals surface area contributed by atoms with Gasteiger partial charge in [-0.05, 0) is 43.2 Å². The van der Waals surface area contributed by atoms with Gasteiger partial charge in [0.2, 0.25) is 5.91 Å². The van der Waals surface area contributed by atoms with Gasteiger partial charge in [0.05, 0.1) is 23.3 Å². The molecule has 0 aliphatic rings. The summed E-state index contributed by atoms with van der Waals surface area (Å²) in [7, 11) is 0. The predicted molar refractivity (Wildman–Crippen MR) is 94.4 cm³/mol. The molecule has 4 heteroatoms. The molecule has 23 heavy (non-hydrogen) atoms. The van der Waals surface area contributed by atoms with Gasteiger partial charge in [-0.15, -0.1) is 0 Å². The lowest BCUT2D eigenvalue weighted by molar-refractivity contribution is -0.115. The van der Waals surface area contributed by atoms with Gasteiger partial charge in [0.1, 0.15) is 0 Å². The molecule has 0 saturated carbocycles. The van der Waals surface area contributed by atoms with E-state index in [-0.39, 0.29) is 12.3 Å². The van der Waals surface area contributed by atoms with Crippen molar-refractivity contribution in [3.8, 4) is 0 Å². The molecule has 0 radical (unpaired) electrons. The van der Waals surface area contributed by atoms with Crippen LogP contribution >= 0.6 is 0 Å². The summed E-state index contributed by atoms with van der Waals surface area (Å²) >= 11 is 0. The van der Waals surface area contributed by atoms with E-state index in [1.54, 1.807) is 0 Å². The Balaban J connectivity index is 1.80. The Hall–Kier alpha value is -2.88. The van der Waals surface area contributed by atoms with Crippen molar-refractivity contribution in [2.75, 3.05) is 11.1 Å². The first-order valence-electron chi connectivity index (χ1n) is 7.55. The second-order valence-electron chi connectivity index (χ2n) is 5.69. The zero-order valence-corrected chi connectivity index (χ0v) is 13.3. The summed E-state index contributed by atoms with van der Waals surface area (Å²) in [5, 5.41) is 3.93. The van der Waals surface area contributed by atoms with Crippen molar-refractivity contribution in [3.63, 3.8) is 0 Å². The van der Waals surface area contributed by atoms with Crippen LogP contribution in [-0.2, 0) is 11.2 Å². The number of para-hydroxylation sites is 1. The number of hydrogen-bond acceptors (Lipinski definition) is 3. The molecule has 0 unspecified atom stereocenters. The number of nitrogen functional groups attached to an aromatic ring is 1. The standard InChI is InChI=1S/C19H19N3O/c1-12-5-3-8-17(13(12)2)22-18(23)11-15-10-9-14-6-4-7-16(20)19(14)21-15/h3-10H,11,20H2,1-2H3,(H,22,23). The Morgan fingerprint density at radius 3 is 2.70 bits per heavy atom. The average molecular weight is 305 g/mol. The largest absolute Gasteiger partial charge is 0.397 e. The highest BCUT2D eigenvalue weighted by Gasteiger charge is 2.09. The van der Waals surface area contributed by atoms with Gasteiger partial charge in [-0.25, -0.2) is 0 Å². The van der Waals surface area contributed by atoms with Crippen molar-refractivity contribution in [1.29, 1.82) is 0 Å². The van der Waals surface area contributed by atoms with Gasteiger partial charge >= 0.3 is 0 Å². The van der Waals surface area contributed by atoms with E-state index in [1.807, 2.05) is 62.4 Å². The lowest BCUT2D eigenvalue weighted by atomic mass is 10.1. The number of pyridine rings is 1. The summed E-state index contributed by atoms with van der Waals surface area (Å²) in [4.78, 5) is 16.8. The Bertz CT molecular complexity index is 887. The third-order valence-corrected chi connectivity index (χ3v) is 4.03. The van der Waals surface area contributed by atoms with Crippen LogP contribution in [0, 0.1) is 13.8 Å². The molecule has 0 fully saturated rings. The number of aromatic nitrogens is 1. The predicted octanol–water partition coefficient (Wildman–Crippen LogP) is 3.62. The molecule has 0 atom stereocenters. The molecule has 3 aromatic rings. The molecular weight excluding hydrogens is 286 g/mol. The van der Waals surface area contributed by atoms with Crippen molar-refractivity contribution in [2.24, 2.45) is 0 Å². The molecule has 2 aromatic carbocycles. The molecule has 4 nitrogen and oxygen atoms in total. The molecule has 0 bridgehead atoms. The second kappa shape index (κ2) is 6.08. The van der Waals surface area contributed by atoms with Crippen molar-refractivity contribution in [3.05, 3.63) is 65.4 Å². The minimum atomic E-state index is -0.0833. The quantitative estimate of drug-likeness (QED) is 0.726. The van der Waals surface area contributed by atoms with Crippen LogP contribution in [0.5, 0.6) is 0 Å². The van der Waals surface area contributed by atoms with Gasteiger partial charge in [-0.3, -0.25) is 9.78 Å². The number of rotatable bonds is 3. The normalized spacial score (nSPS) is 10.7. The number of carbonyl (C=O) groups is 1. The van der Waals surface area contributed by atoms with Crippen LogP contribution in [0.25, 0.3) is 10.9 Å². The Kier molecular flexibility index (Phi) is 3.98. The van der Waals surface area contributed by atoms with E-state index in [1.165, 1.54) is 0 Å². The monoisotopic (exact) mass is 305 g/mol. The number of carbonyl (C=O) groups excluding carboxylic acids is 1. The van der Waals surface area contributed by atoms with Gasteiger partial charge in [-0.1, -0.05) is 30.3 Å². The number of amides is 1. The topological polar surface area (TPSA) is 68.0 Å². The van der Waals surface area contributed by atoms with E-state index < -0.39 is 0 Å². The first-order chi connectivity index (χ1) is 11.0. The molecule has 0 aliphatic carbocycles. The zero-order chi connectivity index (χ0) is 16.4. The first kappa shape index (κ1) is 15.0. The minimum absolute atomic E-state index is 0.0833. The van der Waals surface area contributed by atoms with Crippen LogP contribution in [-0.4, -0.2) is 10.9 Å². The summed E-state index contributed by atoms with van der Waals surface area (Å²) in [6, 6.07) is 15.3. The number of fused-ring (bicyclic) bond motifs is 1. The van der Waals surface area contributed by atoms with E-state index in [9.17, 15) is 4.79 Å². The van der Waals surface area contributed by atoms with Crippen LogP contribution in [0.2, 0.25) is 0 Å². The third-order valence-electron chi connectivity index (χ3n) is 4.03. The van der Waals surface area contributed by atoms with Crippen molar-refractivity contribution in [2.45, 2.75) is 20.3 Å². The molecule has 3 N–H and O–H groups in total. The summed E-state index contributed by atoms with van der Waals surface area (Å²) in [6.45, 7) is 4.03. The van der Waals surface area contributed by atoms with Crippen molar-refractivity contribution in [1.82, 2.24) is 4.98 Å². The Morgan fingerprint density at radius 1 is 1.09 bits per heavy atom. The van der Waals surface area contributed by atoms with Crippen molar-refractivity contribution >= 4 is 28.2 Å². The number of benzene rings is 2. The highest BCUT2D eigenvalue weighted by molar-refractivity contribution is 5.94. The maximum Gasteiger partial charge on any atom is 0.230 e. The van der Waals surface area contributed by atoms with Gasteiger partial charge in [0, 0.05) is 11.1 Å². The van der Waals surface area contributed by atoms with Crippen LogP contribution in [0.3, 0.4) is 0 Å². The zero-order valence-electron chi connectivity index (χ0n) is 13.3. The van der Waals surface area contributed by atoms with Crippen LogP contribution < -0.4 is 11.1 Å². The number of nitrogens with two attached hydrogens (primary N) is 1. The summed E-state index contributed by atoms with van der Waals surface area (Å²) < 4.78 is 0. The molecule has 116 valence electrons. The summed E-state index contributed by atoms with van der Waals surface area (Å²) in [5.74, 6) is -0.0833. The van der Waals surface area contributed by atoms with Crippen LogP contribution in [0.1, 0.15) is 16.8 Å². The smallest absolute Gasteiger partial charge is 0.230 e. The molecule has 0 saturated heterocycles. The fourth-order valence-electron chi connectivity index (χ4n) is 2.55. The van der Waals surface area contributed by atoms with E-state index in [0.29, 0.717) is 11.4 Å². The van der Waals surface area contributed by atoms with Crippen LogP contribution in [0.4, 0.5) is 11.4 Å². The number of nitrogens with one attached hydrogen (secondary N) is 1. The lowest BCUT2D eigenvalue weighted by Gasteiger charge is -2.10. The minimum Gasteiger partial charge on any atom is -0.397 e. The first-order valence-corrected chi connectivity index (χ1v) is 7.55. The summed E-state index contributed by atoms with van der Waals surface area (Å²) in [5.41, 5.74) is 11.1. The summed E-state index contributed by atoms with van der Waals surface area (Å²) in [6.07, 6.45) is 0.220. The lowest BCUT2D eigenvalue weighted by Crippen LogP contribution is -2.16. The molecule has 1 aromatic heterocycles. The Labute approximate surface area is 135 Å². The third kappa shape index (κ3) is 3.16. The van der Waals surface area contributed by atoms with Gasteiger partial charge < -0.3 is 11.1 Å². The highest BCUT2D eigenvalue weighted by atomic mass is 16.1. The number of aryl methyl sites for hydroxylation is 1. The van der Waals surface area contributed by atoms with Crippen molar-refractivity contribution < 1.29 is 4.79 Å². The average Bonchev–Trinajstić information content (AvgIpc) is 2.53. The van der Waals surface area contributed by atoms with Gasteiger partial charge in [-0.2, -0.15) is 0 Å². The fourth-order valence-corrected chi connectivity index (χ4v) is 2.55. The van der Waals surface area contributed by atoms with E-state index in [0.717, 1.165) is 27.7 Å². The molecule has 1 amide bonds. The van der Waals surface area contributed by atoms with Gasteiger partial charge in [0.25, 0.3) is 0 Å². The van der Waals surface area contributed by atoms with Crippen LogP contribution in [0.15, 0.2) is 48.5 Å².